The zero-order chi connectivity index (χ0) is 26.2. The van der Waals surface area contributed by atoms with Gasteiger partial charge in [0, 0.05) is 38.8 Å². The summed E-state index contributed by atoms with van der Waals surface area (Å²) < 4.78 is 33.8. The van der Waals surface area contributed by atoms with E-state index in [1.54, 1.807) is 30.3 Å². The van der Waals surface area contributed by atoms with Gasteiger partial charge in [-0.05, 0) is 54.2 Å². The molecule has 0 atom stereocenters. The van der Waals surface area contributed by atoms with E-state index in [0.717, 1.165) is 37.6 Å². The van der Waals surface area contributed by atoms with Gasteiger partial charge in [0.15, 0.2) is 11.5 Å². The molecule has 0 radical (unpaired) electrons. The number of carbonyl (C=O) groups excluding carboxylic acids is 2. The highest BCUT2D eigenvalue weighted by Gasteiger charge is 2.35. The largest absolute Gasteiger partial charge is 0.492 e. The Kier molecular flexibility index (Phi) is 6.59. The molecule has 0 bridgehead atoms. The number of benzene rings is 3. The van der Waals surface area contributed by atoms with Crippen LogP contribution in [0.25, 0.3) is 17.0 Å². The van der Waals surface area contributed by atoms with Gasteiger partial charge in [0.05, 0.1) is 18.0 Å². The summed E-state index contributed by atoms with van der Waals surface area (Å²) in [4.78, 5) is 27.1. The van der Waals surface area contributed by atoms with Gasteiger partial charge in [-0.3, -0.25) is 14.5 Å². The molecule has 4 aromatic rings. The summed E-state index contributed by atoms with van der Waals surface area (Å²) in [6.45, 7) is 1.04. The number of imide groups is 1. The molecule has 192 valence electrons. The van der Waals surface area contributed by atoms with E-state index in [9.17, 15) is 14.0 Å². The molecule has 7 nitrogen and oxygen atoms in total. The number of hydrogen-bond acceptors (Lipinski definition) is 6. The van der Waals surface area contributed by atoms with Gasteiger partial charge < -0.3 is 18.8 Å². The Bertz CT molecular complexity index is 1620. The molecule has 2 aliphatic rings. The van der Waals surface area contributed by atoms with Gasteiger partial charge in [-0.1, -0.05) is 34.1 Å². The molecule has 0 N–H and O–H groups in total. The average molecular weight is 595 g/mol. The van der Waals surface area contributed by atoms with Crippen molar-refractivity contribution in [2.24, 2.45) is 0 Å². The van der Waals surface area contributed by atoms with Crippen LogP contribution in [-0.2, 0) is 17.9 Å². The van der Waals surface area contributed by atoms with Crippen LogP contribution < -0.4 is 14.2 Å². The van der Waals surface area contributed by atoms with Crippen LogP contribution in [0.2, 0.25) is 0 Å². The van der Waals surface area contributed by atoms with Crippen molar-refractivity contribution in [3.8, 4) is 17.2 Å². The first-order valence-electron chi connectivity index (χ1n) is 11.8. The first-order chi connectivity index (χ1) is 18.5. The molecule has 10 heteroatoms. The number of ether oxygens (including phenoxy) is 3. The number of aromatic nitrogens is 1. The fourth-order valence-corrected chi connectivity index (χ4v) is 5.59. The van der Waals surface area contributed by atoms with E-state index >= 15 is 0 Å². The lowest BCUT2D eigenvalue weighted by atomic mass is 10.1. The molecule has 3 aromatic carbocycles. The van der Waals surface area contributed by atoms with Crippen molar-refractivity contribution in [3.05, 3.63) is 93.2 Å². The van der Waals surface area contributed by atoms with Crippen LogP contribution in [0.15, 0.2) is 76.2 Å². The Hall–Kier alpha value is -3.76. The monoisotopic (exact) mass is 594 g/mol. The standard InChI is InChI=1S/C28H20BrFN2O5S/c29-19-5-7-23-21(12-19)18(14-31(23)9-10-35-20-6-8-24-25(13-20)37-16-36-24)11-26-27(33)32(28(34)38-26)15-17-3-1-2-4-22(17)30/h1-8,11-14H,9-10,15-16H2/b26-11-. The van der Waals surface area contributed by atoms with Crippen molar-refractivity contribution in [2.45, 2.75) is 13.1 Å². The summed E-state index contributed by atoms with van der Waals surface area (Å²) in [5.41, 5.74) is 2.04. The third-order valence-electron chi connectivity index (χ3n) is 6.27. The molecule has 3 heterocycles. The van der Waals surface area contributed by atoms with E-state index in [-0.39, 0.29) is 13.3 Å². The highest BCUT2D eigenvalue weighted by Crippen LogP contribution is 2.37. The molecule has 0 spiro atoms. The van der Waals surface area contributed by atoms with Crippen LogP contribution in [0.4, 0.5) is 9.18 Å². The second-order valence-corrected chi connectivity index (χ2v) is 10.6. The van der Waals surface area contributed by atoms with E-state index in [1.165, 1.54) is 6.07 Å². The number of nitrogens with zero attached hydrogens (tertiary/aromatic N) is 2. The summed E-state index contributed by atoms with van der Waals surface area (Å²) in [6.07, 6.45) is 3.65. The number of amides is 2. The average Bonchev–Trinajstić information content (AvgIpc) is 3.58. The molecule has 1 saturated heterocycles. The van der Waals surface area contributed by atoms with Crippen LogP contribution in [0, 0.1) is 5.82 Å². The number of fused-ring (bicyclic) bond motifs is 2. The molecule has 2 aliphatic heterocycles. The highest BCUT2D eigenvalue weighted by atomic mass is 79.9. The Balaban J connectivity index is 1.23. The number of thioether (sulfide) groups is 1. The first-order valence-corrected chi connectivity index (χ1v) is 13.4. The van der Waals surface area contributed by atoms with Crippen LogP contribution in [0.3, 0.4) is 0 Å². The summed E-state index contributed by atoms with van der Waals surface area (Å²) in [6, 6.07) is 17.5. The van der Waals surface area contributed by atoms with Gasteiger partial charge in [0.2, 0.25) is 6.79 Å². The molecule has 38 heavy (non-hydrogen) atoms. The maximum absolute atomic E-state index is 14.1. The van der Waals surface area contributed by atoms with E-state index in [4.69, 9.17) is 14.2 Å². The van der Waals surface area contributed by atoms with E-state index in [2.05, 4.69) is 15.9 Å². The number of hydrogen-bond donors (Lipinski definition) is 0. The number of carbonyl (C=O) groups is 2. The Labute approximate surface area is 229 Å². The van der Waals surface area contributed by atoms with Crippen molar-refractivity contribution in [2.75, 3.05) is 13.4 Å². The van der Waals surface area contributed by atoms with E-state index < -0.39 is 17.0 Å². The van der Waals surface area contributed by atoms with Crippen molar-refractivity contribution in [3.63, 3.8) is 0 Å². The molecule has 6 rings (SSSR count). The summed E-state index contributed by atoms with van der Waals surface area (Å²) >= 11 is 4.38. The molecular formula is C28H20BrFN2O5S. The highest BCUT2D eigenvalue weighted by molar-refractivity contribution is 9.10. The molecular weight excluding hydrogens is 575 g/mol. The predicted molar refractivity (Wildman–Crippen MR) is 146 cm³/mol. The Morgan fingerprint density at radius 3 is 2.76 bits per heavy atom. The molecule has 1 fully saturated rings. The lowest BCUT2D eigenvalue weighted by molar-refractivity contribution is -0.123. The third-order valence-corrected chi connectivity index (χ3v) is 7.67. The van der Waals surface area contributed by atoms with E-state index in [1.807, 2.05) is 41.1 Å². The van der Waals surface area contributed by atoms with Gasteiger partial charge in [-0.25, -0.2) is 4.39 Å². The normalized spacial score (nSPS) is 15.7. The van der Waals surface area contributed by atoms with Gasteiger partial charge >= 0.3 is 0 Å². The van der Waals surface area contributed by atoms with Gasteiger partial charge in [-0.2, -0.15) is 0 Å². The minimum atomic E-state index is -0.452. The smallest absolute Gasteiger partial charge is 0.293 e. The van der Waals surface area contributed by atoms with Gasteiger partial charge in [0.25, 0.3) is 11.1 Å². The summed E-state index contributed by atoms with van der Waals surface area (Å²) in [7, 11) is 0. The zero-order valence-corrected chi connectivity index (χ0v) is 22.3. The maximum atomic E-state index is 14.1. The maximum Gasteiger partial charge on any atom is 0.293 e. The minimum Gasteiger partial charge on any atom is -0.492 e. The second kappa shape index (κ2) is 10.2. The lowest BCUT2D eigenvalue weighted by Gasteiger charge is -2.12. The van der Waals surface area contributed by atoms with Crippen LogP contribution in [0.1, 0.15) is 11.1 Å². The number of halogens is 2. The number of rotatable bonds is 7. The fraction of sp³-hybridized carbons (Fsp3) is 0.143. The molecule has 2 amide bonds. The van der Waals surface area contributed by atoms with Gasteiger partial charge in [0.1, 0.15) is 18.2 Å². The first kappa shape index (κ1) is 24.6. The SMILES string of the molecule is O=C1S/C(=C\c2cn(CCOc3ccc4c(c3)OCO4)c3ccc(Br)cc23)C(=O)N1Cc1ccccc1F. The van der Waals surface area contributed by atoms with Crippen molar-refractivity contribution in [1.82, 2.24) is 9.47 Å². The van der Waals surface area contributed by atoms with Crippen LogP contribution >= 0.6 is 27.7 Å². The Morgan fingerprint density at radius 1 is 1.05 bits per heavy atom. The quantitative estimate of drug-likeness (QED) is 0.225. The van der Waals surface area contributed by atoms with Crippen LogP contribution in [-0.4, -0.2) is 34.0 Å². The lowest BCUT2D eigenvalue weighted by Crippen LogP contribution is -2.27. The predicted octanol–water partition coefficient (Wildman–Crippen LogP) is 6.59. The Morgan fingerprint density at radius 2 is 1.89 bits per heavy atom. The molecule has 1 aromatic heterocycles. The second-order valence-electron chi connectivity index (χ2n) is 8.66. The zero-order valence-electron chi connectivity index (χ0n) is 19.9. The summed E-state index contributed by atoms with van der Waals surface area (Å²) in [5, 5.41) is 0.495. The van der Waals surface area contributed by atoms with E-state index in [0.29, 0.717) is 40.9 Å². The summed E-state index contributed by atoms with van der Waals surface area (Å²) in [5.74, 6) is 1.14. The minimum absolute atomic E-state index is 0.112. The van der Waals surface area contributed by atoms with Crippen molar-refractivity contribution in [1.29, 1.82) is 0 Å². The van der Waals surface area contributed by atoms with Crippen LogP contribution in [0.5, 0.6) is 17.2 Å². The molecule has 0 unspecified atom stereocenters. The van der Waals surface area contributed by atoms with Crippen molar-refractivity contribution < 1.29 is 28.2 Å². The molecule has 0 saturated carbocycles. The fourth-order valence-electron chi connectivity index (χ4n) is 4.40. The van der Waals surface area contributed by atoms with Gasteiger partial charge in [-0.15, -0.1) is 0 Å². The molecule has 0 aliphatic carbocycles. The third kappa shape index (κ3) is 4.77. The van der Waals surface area contributed by atoms with Crippen molar-refractivity contribution >= 4 is 55.8 Å². The topological polar surface area (TPSA) is 70.0 Å².